The molecule has 1 aromatic rings. The third kappa shape index (κ3) is 5.41. The highest BCUT2D eigenvalue weighted by atomic mass is 35.5. The average molecular weight is 341 g/mol. The van der Waals surface area contributed by atoms with Crippen LogP contribution in [0.2, 0.25) is 5.02 Å². The summed E-state index contributed by atoms with van der Waals surface area (Å²) < 4.78 is 5.50. The Bertz CT molecular complexity index is 550. The molecule has 0 aromatic heterocycles. The number of nitrogens with one attached hydrogen (secondary N) is 1. The monoisotopic (exact) mass is 340 g/mol. The number of likely N-dealkylation sites (tertiary alicyclic amines) is 1. The van der Waals surface area contributed by atoms with Crippen LogP contribution < -0.4 is 10.2 Å². The fourth-order valence-electron chi connectivity index (χ4n) is 2.34. The lowest BCUT2D eigenvalue weighted by Gasteiger charge is -2.16. The summed E-state index contributed by atoms with van der Waals surface area (Å²) in [6.07, 6.45) is 0.195. The van der Waals surface area contributed by atoms with Gasteiger partial charge < -0.3 is 9.64 Å². The molecule has 1 aromatic carbocycles. The van der Waals surface area contributed by atoms with Crippen molar-refractivity contribution >= 4 is 23.4 Å². The van der Waals surface area contributed by atoms with Gasteiger partial charge in [0, 0.05) is 31.0 Å². The number of amides is 2. The molecule has 1 aliphatic rings. The maximum atomic E-state index is 11.9. The molecule has 0 aliphatic carbocycles. The van der Waals surface area contributed by atoms with Gasteiger partial charge in [-0.2, -0.15) is 0 Å². The van der Waals surface area contributed by atoms with Crippen molar-refractivity contribution in [3.63, 3.8) is 0 Å². The summed E-state index contributed by atoms with van der Waals surface area (Å²) in [5.74, 6) is 0.513. The van der Waals surface area contributed by atoms with E-state index in [1.54, 1.807) is 43.0 Å². The fraction of sp³-hybridized carbons (Fsp3) is 0.500. The minimum Gasteiger partial charge on any atom is -0.481 e. The van der Waals surface area contributed by atoms with Crippen LogP contribution in [0.25, 0.3) is 0 Å². The molecule has 7 heteroatoms. The van der Waals surface area contributed by atoms with Gasteiger partial charge in [0.05, 0.1) is 6.61 Å². The van der Waals surface area contributed by atoms with E-state index in [0.717, 1.165) is 13.0 Å². The van der Waals surface area contributed by atoms with E-state index in [2.05, 4.69) is 5.48 Å². The van der Waals surface area contributed by atoms with Crippen molar-refractivity contribution in [2.75, 3.05) is 19.7 Å². The lowest BCUT2D eigenvalue weighted by atomic mass is 10.1. The maximum absolute atomic E-state index is 11.9. The number of hydrogen-bond acceptors (Lipinski definition) is 4. The molecular formula is C16H21ClN2O4. The molecule has 2 rings (SSSR count). The Kier molecular flexibility index (Phi) is 6.24. The minimum atomic E-state index is -0.687. The predicted molar refractivity (Wildman–Crippen MR) is 86.0 cm³/mol. The van der Waals surface area contributed by atoms with Crippen molar-refractivity contribution < 1.29 is 19.2 Å². The van der Waals surface area contributed by atoms with E-state index in [1.165, 1.54) is 0 Å². The van der Waals surface area contributed by atoms with Crippen molar-refractivity contribution in [2.24, 2.45) is 5.92 Å². The van der Waals surface area contributed by atoms with E-state index >= 15 is 0 Å². The number of rotatable bonds is 6. The second kappa shape index (κ2) is 8.17. The number of halogens is 1. The lowest BCUT2D eigenvalue weighted by molar-refractivity contribution is -0.141. The first-order chi connectivity index (χ1) is 11.0. The van der Waals surface area contributed by atoms with E-state index < -0.39 is 6.10 Å². The first kappa shape index (κ1) is 17.6. The summed E-state index contributed by atoms with van der Waals surface area (Å²) >= 11 is 5.79. The van der Waals surface area contributed by atoms with E-state index in [1.807, 2.05) is 0 Å². The van der Waals surface area contributed by atoms with Gasteiger partial charge >= 0.3 is 0 Å². The first-order valence-corrected chi connectivity index (χ1v) is 7.93. The number of hydroxylamine groups is 1. The molecule has 126 valence electrons. The number of carbonyl (C=O) groups is 2. The molecule has 0 radical (unpaired) electrons. The molecule has 2 unspecified atom stereocenters. The average Bonchev–Trinajstić information content (AvgIpc) is 2.98. The lowest BCUT2D eigenvalue weighted by Crippen LogP contribution is -2.37. The Balaban J connectivity index is 1.68. The number of ether oxygens (including phenoxy) is 1. The molecule has 0 bridgehead atoms. The standard InChI is InChI=1S/C16H21ClN2O4/c1-11(23-15-5-3-14(17)4-6-15)16(21)18-22-10-13-7-8-19(9-13)12(2)20/h3-6,11,13H,7-10H2,1-2H3,(H,18,21). The van der Waals surface area contributed by atoms with Crippen LogP contribution in [0.15, 0.2) is 24.3 Å². The molecule has 1 heterocycles. The molecule has 1 saturated heterocycles. The highest BCUT2D eigenvalue weighted by molar-refractivity contribution is 6.30. The first-order valence-electron chi connectivity index (χ1n) is 7.55. The molecule has 23 heavy (non-hydrogen) atoms. The van der Waals surface area contributed by atoms with Gasteiger partial charge in [0.2, 0.25) is 5.91 Å². The molecule has 1 N–H and O–H groups in total. The maximum Gasteiger partial charge on any atom is 0.284 e. The Hall–Kier alpha value is -1.79. The minimum absolute atomic E-state index is 0.0709. The zero-order valence-electron chi connectivity index (χ0n) is 13.3. The van der Waals surface area contributed by atoms with E-state index in [0.29, 0.717) is 23.9 Å². The molecule has 2 amide bonds. The topological polar surface area (TPSA) is 67.9 Å². The third-order valence-electron chi connectivity index (χ3n) is 3.72. The normalized spacial score (nSPS) is 18.6. The quantitative estimate of drug-likeness (QED) is 0.804. The summed E-state index contributed by atoms with van der Waals surface area (Å²) in [7, 11) is 0. The molecule has 0 spiro atoms. The summed E-state index contributed by atoms with van der Waals surface area (Å²) in [4.78, 5) is 30.2. The molecule has 1 fully saturated rings. The molecule has 2 atom stereocenters. The Morgan fingerprint density at radius 2 is 2.09 bits per heavy atom. The van der Waals surface area contributed by atoms with Gasteiger partial charge in [0.25, 0.3) is 5.91 Å². The highest BCUT2D eigenvalue weighted by Gasteiger charge is 2.24. The zero-order chi connectivity index (χ0) is 16.8. The number of nitrogens with zero attached hydrogens (tertiary/aromatic N) is 1. The van der Waals surface area contributed by atoms with Crippen molar-refractivity contribution in [1.82, 2.24) is 10.4 Å². The highest BCUT2D eigenvalue weighted by Crippen LogP contribution is 2.17. The number of benzene rings is 1. The van der Waals surface area contributed by atoms with Crippen molar-refractivity contribution in [1.29, 1.82) is 0 Å². The van der Waals surface area contributed by atoms with Crippen LogP contribution in [0.5, 0.6) is 5.75 Å². The van der Waals surface area contributed by atoms with Crippen molar-refractivity contribution in [2.45, 2.75) is 26.4 Å². The predicted octanol–water partition coefficient (Wildman–Crippen LogP) is 2.02. The van der Waals surface area contributed by atoms with E-state index in [9.17, 15) is 9.59 Å². The second-order valence-corrected chi connectivity index (χ2v) is 6.05. The van der Waals surface area contributed by atoms with Crippen LogP contribution >= 0.6 is 11.6 Å². The summed E-state index contributed by atoms with van der Waals surface area (Å²) in [5.41, 5.74) is 2.39. The summed E-state index contributed by atoms with van der Waals surface area (Å²) in [6.45, 7) is 4.99. The van der Waals surface area contributed by atoms with E-state index in [4.69, 9.17) is 21.2 Å². The van der Waals surface area contributed by atoms with Gasteiger partial charge in [-0.1, -0.05) is 11.6 Å². The van der Waals surface area contributed by atoms with Crippen molar-refractivity contribution in [3.05, 3.63) is 29.3 Å². The Morgan fingerprint density at radius 1 is 1.39 bits per heavy atom. The fourth-order valence-corrected chi connectivity index (χ4v) is 2.47. The van der Waals surface area contributed by atoms with Crippen LogP contribution in [0.3, 0.4) is 0 Å². The van der Waals surface area contributed by atoms with Gasteiger partial charge in [-0.25, -0.2) is 5.48 Å². The number of hydrogen-bond donors (Lipinski definition) is 1. The smallest absolute Gasteiger partial charge is 0.284 e. The Labute approximate surface area is 140 Å². The van der Waals surface area contributed by atoms with Crippen LogP contribution in [-0.2, 0) is 14.4 Å². The van der Waals surface area contributed by atoms with Crippen LogP contribution in [0.4, 0.5) is 0 Å². The van der Waals surface area contributed by atoms with Crippen molar-refractivity contribution in [3.8, 4) is 5.75 Å². The summed E-state index contributed by atoms with van der Waals surface area (Å²) in [6, 6.07) is 6.78. The molecular weight excluding hydrogens is 320 g/mol. The van der Waals surface area contributed by atoms with Crippen LogP contribution in [0.1, 0.15) is 20.3 Å². The Morgan fingerprint density at radius 3 is 2.70 bits per heavy atom. The van der Waals surface area contributed by atoms with Gasteiger partial charge in [-0.15, -0.1) is 0 Å². The van der Waals surface area contributed by atoms with Crippen LogP contribution in [0, 0.1) is 5.92 Å². The van der Waals surface area contributed by atoms with E-state index in [-0.39, 0.29) is 17.7 Å². The molecule has 0 saturated carbocycles. The van der Waals surface area contributed by atoms with Crippen LogP contribution in [-0.4, -0.2) is 42.5 Å². The van der Waals surface area contributed by atoms with Gasteiger partial charge in [-0.3, -0.25) is 14.4 Å². The largest absolute Gasteiger partial charge is 0.481 e. The van der Waals surface area contributed by atoms with Gasteiger partial charge in [0.15, 0.2) is 6.10 Å². The number of carbonyl (C=O) groups excluding carboxylic acids is 2. The second-order valence-electron chi connectivity index (χ2n) is 5.61. The SMILES string of the molecule is CC(=O)N1CCC(CONC(=O)C(C)Oc2ccc(Cl)cc2)C1. The van der Waals surface area contributed by atoms with Gasteiger partial charge in [0.1, 0.15) is 5.75 Å². The zero-order valence-corrected chi connectivity index (χ0v) is 14.0. The summed E-state index contributed by atoms with van der Waals surface area (Å²) in [5, 5.41) is 0.606. The van der Waals surface area contributed by atoms with Gasteiger partial charge in [-0.05, 0) is 37.6 Å². The third-order valence-corrected chi connectivity index (χ3v) is 3.97. The molecule has 1 aliphatic heterocycles. The molecule has 6 nitrogen and oxygen atoms in total.